The van der Waals surface area contributed by atoms with Crippen molar-refractivity contribution in [2.24, 2.45) is 0 Å². The number of aliphatic hydroxyl groups excluding tert-OH is 1. The Labute approximate surface area is 99.4 Å². The van der Waals surface area contributed by atoms with Gasteiger partial charge in [-0.05, 0) is 24.3 Å². The number of benzene rings is 1. The van der Waals surface area contributed by atoms with Crippen LogP contribution in [0.25, 0.3) is 0 Å². The molecule has 1 aromatic rings. The van der Waals surface area contributed by atoms with Gasteiger partial charge in [0.1, 0.15) is 0 Å². The highest BCUT2D eigenvalue weighted by Crippen LogP contribution is 2.10. The van der Waals surface area contributed by atoms with Crippen molar-refractivity contribution in [1.29, 1.82) is 0 Å². The lowest BCUT2D eigenvalue weighted by atomic mass is 10.2. The fraction of sp³-hybridized carbons (Fsp3) is 0.333. The molecule has 0 aromatic heterocycles. The van der Waals surface area contributed by atoms with Gasteiger partial charge in [0.15, 0.2) is 5.78 Å². The third-order valence-electron chi connectivity index (χ3n) is 2.19. The zero-order valence-electron chi connectivity index (χ0n) is 9.60. The summed E-state index contributed by atoms with van der Waals surface area (Å²) < 4.78 is 4.57. The SMILES string of the molecule is COC(=O)c1ccc(NCC(=O)CCO)cc1. The lowest BCUT2D eigenvalue weighted by Crippen LogP contribution is -2.14. The van der Waals surface area contributed by atoms with Crippen molar-refractivity contribution in [3.8, 4) is 0 Å². The van der Waals surface area contributed by atoms with Crippen molar-refractivity contribution < 1.29 is 19.4 Å². The van der Waals surface area contributed by atoms with Crippen LogP contribution < -0.4 is 5.32 Å². The van der Waals surface area contributed by atoms with Crippen LogP contribution in [0.5, 0.6) is 0 Å². The number of hydrogen-bond acceptors (Lipinski definition) is 5. The second-order valence-electron chi connectivity index (χ2n) is 3.43. The average molecular weight is 237 g/mol. The van der Waals surface area contributed by atoms with Crippen LogP contribution >= 0.6 is 0 Å². The van der Waals surface area contributed by atoms with Gasteiger partial charge in [0.2, 0.25) is 0 Å². The van der Waals surface area contributed by atoms with Crippen LogP contribution in [-0.4, -0.2) is 37.1 Å². The maximum atomic E-state index is 11.2. The summed E-state index contributed by atoms with van der Waals surface area (Å²) >= 11 is 0. The van der Waals surface area contributed by atoms with Crippen LogP contribution in [0, 0.1) is 0 Å². The zero-order chi connectivity index (χ0) is 12.7. The smallest absolute Gasteiger partial charge is 0.337 e. The zero-order valence-corrected chi connectivity index (χ0v) is 9.60. The first-order valence-corrected chi connectivity index (χ1v) is 5.22. The molecule has 5 nitrogen and oxygen atoms in total. The molecule has 0 unspecified atom stereocenters. The van der Waals surface area contributed by atoms with Gasteiger partial charge in [-0.2, -0.15) is 0 Å². The highest BCUT2D eigenvalue weighted by Gasteiger charge is 2.05. The largest absolute Gasteiger partial charge is 0.465 e. The van der Waals surface area contributed by atoms with E-state index in [1.54, 1.807) is 24.3 Å². The summed E-state index contributed by atoms with van der Waals surface area (Å²) in [5.41, 5.74) is 1.20. The number of ether oxygens (including phenoxy) is 1. The minimum absolute atomic E-state index is 0.0652. The van der Waals surface area contributed by atoms with E-state index in [1.807, 2.05) is 0 Å². The van der Waals surface area contributed by atoms with Crippen molar-refractivity contribution >= 4 is 17.4 Å². The minimum atomic E-state index is -0.395. The molecule has 17 heavy (non-hydrogen) atoms. The van der Waals surface area contributed by atoms with Gasteiger partial charge in [0.05, 0.1) is 25.8 Å². The van der Waals surface area contributed by atoms with Crippen LogP contribution in [0.3, 0.4) is 0 Å². The number of carbonyl (C=O) groups is 2. The van der Waals surface area contributed by atoms with Crippen molar-refractivity contribution in [1.82, 2.24) is 0 Å². The van der Waals surface area contributed by atoms with E-state index in [-0.39, 0.29) is 25.4 Å². The number of ketones is 1. The van der Waals surface area contributed by atoms with Gasteiger partial charge < -0.3 is 15.2 Å². The lowest BCUT2D eigenvalue weighted by Gasteiger charge is -2.05. The molecule has 0 fully saturated rings. The highest BCUT2D eigenvalue weighted by molar-refractivity contribution is 5.89. The predicted molar refractivity (Wildman–Crippen MR) is 63.0 cm³/mol. The Morgan fingerprint density at radius 2 is 1.94 bits per heavy atom. The molecule has 0 saturated carbocycles. The fourth-order valence-corrected chi connectivity index (χ4v) is 1.26. The third kappa shape index (κ3) is 4.24. The molecule has 0 amide bonds. The number of esters is 1. The van der Waals surface area contributed by atoms with Gasteiger partial charge in [-0.1, -0.05) is 0 Å². The second-order valence-corrected chi connectivity index (χ2v) is 3.43. The molecule has 0 radical (unpaired) electrons. The molecule has 2 N–H and O–H groups in total. The average Bonchev–Trinajstić information content (AvgIpc) is 2.36. The molecule has 1 rings (SSSR count). The molecule has 0 bridgehead atoms. The predicted octanol–water partition coefficient (Wildman–Crippen LogP) is 0.837. The summed E-state index contributed by atoms with van der Waals surface area (Å²) in [6.45, 7) is 0.0277. The van der Waals surface area contributed by atoms with Crippen molar-refractivity contribution in [3.05, 3.63) is 29.8 Å². The topological polar surface area (TPSA) is 75.6 Å². The van der Waals surface area contributed by atoms with E-state index in [1.165, 1.54) is 7.11 Å². The maximum Gasteiger partial charge on any atom is 0.337 e. The Bertz CT molecular complexity index is 386. The number of anilines is 1. The van der Waals surface area contributed by atoms with Crippen LogP contribution in [-0.2, 0) is 9.53 Å². The van der Waals surface area contributed by atoms with Crippen molar-refractivity contribution in [3.63, 3.8) is 0 Å². The maximum absolute atomic E-state index is 11.2. The third-order valence-corrected chi connectivity index (χ3v) is 2.19. The number of carbonyl (C=O) groups excluding carboxylic acids is 2. The molecule has 0 atom stereocenters. The number of aliphatic hydroxyl groups is 1. The summed E-state index contributed by atoms with van der Waals surface area (Å²) in [5.74, 6) is -0.461. The van der Waals surface area contributed by atoms with E-state index in [0.717, 1.165) is 5.69 Å². The van der Waals surface area contributed by atoms with Crippen molar-refractivity contribution in [2.75, 3.05) is 25.6 Å². The van der Waals surface area contributed by atoms with Crippen LogP contribution in [0.1, 0.15) is 16.8 Å². The summed E-state index contributed by atoms with van der Waals surface area (Å²) in [6, 6.07) is 6.62. The van der Waals surface area contributed by atoms with E-state index >= 15 is 0 Å². The van der Waals surface area contributed by atoms with Gasteiger partial charge >= 0.3 is 5.97 Å². The quantitative estimate of drug-likeness (QED) is 0.717. The van der Waals surface area contributed by atoms with Gasteiger partial charge in [-0.25, -0.2) is 4.79 Å². The van der Waals surface area contributed by atoms with Crippen LogP contribution in [0.15, 0.2) is 24.3 Å². The van der Waals surface area contributed by atoms with E-state index in [2.05, 4.69) is 10.1 Å². The second kappa shape index (κ2) is 6.65. The molecule has 5 heteroatoms. The Hall–Kier alpha value is -1.88. The van der Waals surface area contributed by atoms with Crippen LogP contribution in [0.4, 0.5) is 5.69 Å². The number of methoxy groups -OCH3 is 1. The van der Waals surface area contributed by atoms with E-state index in [4.69, 9.17) is 5.11 Å². The first-order chi connectivity index (χ1) is 8.17. The lowest BCUT2D eigenvalue weighted by molar-refractivity contribution is -0.118. The normalized spacial score (nSPS) is 9.76. The highest BCUT2D eigenvalue weighted by atomic mass is 16.5. The molecule has 0 spiro atoms. The van der Waals surface area contributed by atoms with E-state index in [9.17, 15) is 9.59 Å². The molecule has 0 aliphatic rings. The molecule has 0 aliphatic carbocycles. The Balaban J connectivity index is 2.51. The number of nitrogens with one attached hydrogen (secondary N) is 1. The molecule has 92 valence electrons. The number of hydrogen-bond donors (Lipinski definition) is 2. The van der Waals surface area contributed by atoms with Crippen LogP contribution in [0.2, 0.25) is 0 Å². The van der Waals surface area contributed by atoms with Crippen molar-refractivity contribution in [2.45, 2.75) is 6.42 Å². The molecule has 0 heterocycles. The molecule has 0 saturated heterocycles. The van der Waals surface area contributed by atoms with Gasteiger partial charge in [0.25, 0.3) is 0 Å². The molecular formula is C12H15NO4. The molecular weight excluding hydrogens is 222 g/mol. The minimum Gasteiger partial charge on any atom is -0.465 e. The van der Waals surface area contributed by atoms with Gasteiger partial charge in [-0.15, -0.1) is 0 Å². The summed E-state index contributed by atoms with van der Waals surface area (Å²) in [6.07, 6.45) is 0.146. The van der Waals surface area contributed by atoms with Gasteiger partial charge in [0, 0.05) is 12.1 Å². The van der Waals surface area contributed by atoms with E-state index in [0.29, 0.717) is 5.56 Å². The van der Waals surface area contributed by atoms with E-state index < -0.39 is 5.97 Å². The first-order valence-electron chi connectivity index (χ1n) is 5.22. The fourth-order valence-electron chi connectivity index (χ4n) is 1.26. The molecule has 1 aromatic carbocycles. The Kier molecular flexibility index (Phi) is 5.16. The van der Waals surface area contributed by atoms with Gasteiger partial charge in [-0.3, -0.25) is 4.79 Å². The Morgan fingerprint density at radius 1 is 1.29 bits per heavy atom. The molecule has 0 aliphatic heterocycles. The standard InChI is InChI=1S/C12H15NO4/c1-17-12(16)9-2-4-10(5-3-9)13-8-11(15)6-7-14/h2-5,13-14H,6-8H2,1H3. The Morgan fingerprint density at radius 3 is 2.47 bits per heavy atom. The monoisotopic (exact) mass is 237 g/mol. The summed E-state index contributed by atoms with van der Waals surface area (Å²) in [4.78, 5) is 22.3. The number of Topliss-reactive ketones (excluding diaryl/α,β-unsaturated/α-hetero) is 1. The summed E-state index contributed by atoms with van der Waals surface area (Å²) in [5, 5.41) is 11.5. The number of rotatable bonds is 6. The summed E-state index contributed by atoms with van der Waals surface area (Å²) in [7, 11) is 1.32. The first kappa shape index (κ1) is 13.2.